The number of nitrogens with one attached hydrogen (secondary N) is 2. The number of benzene rings is 2. The number of anilines is 1. The molecule has 0 atom stereocenters. The molecule has 0 bridgehead atoms. The summed E-state index contributed by atoms with van der Waals surface area (Å²) in [6.07, 6.45) is 3.73. The summed E-state index contributed by atoms with van der Waals surface area (Å²) in [7, 11) is 0. The van der Waals surface area contributed by atoms with Gasteiger partial charge in [-0.1, -0.05) is 48.5 Å². The minimum atomic E-state index is 0.556. The number of para-hydroxylation sites is 1. The third kappa shape index (κ3) is 4.58. The molecule has 0 unspecified atom stereocenters. The monoisotopic (exact) mass is 416 g/mol. The number of hydrogen-bond acceptors (Lipinski definition) is 3. The normalized spacial score (nSPS) is 10.7. The van der Waals surface area contributed by atoms with Crippen LogP contribution in [0, 0.1) is 13.8 Å². The summed E-state index contributed by atoms with van der Waals surface area (Å²) in [6.45, 7) is 5.43. The Kier molecular flexibility index (Phi) is 5.90. The fourth-order valence-corrected chi connectivity index (χ4v) is 3.57. The van der Waals surface area contributed by atoms with E-state index in [0.717, 1.165) is 34.9 Å². The molecule has 2 aromatic carbocycles. The van der Waals surface area contributed by atoms with Crippen molar-refractivity contribution < 1.29 is 0 Å². The zero-order valence-electron chi connectivity index (χ0n) is 17.0. The number of aromatic nitrogens is 4. The Bertz CT molecular complexity index is 1130. The molecule has 6 nitrogen and oxygen atoms in total. The molecular weight excluding hydrogens is 392 g/mol. The second-order valence-corrected chi connectivity index (χ2v) is 7.52. The first-order chi connectivity index (χ1) is 14.6. The molecule has 0 radical (unpaired) electrons. The molecule has 0 amide bonds. The molecular formula is C23H24N6S. The quantitative estimate of drug-likeness (QED) is 0.461. The topological polar surface area (TPSA) is 59.7 Å². The minimum Gasteiger partial charge on any atom is -0.358 e. The average molecular weight is 417 g/mol. The summed E-state index contributed by atoms with van der Waals surface area (Å²) in [5.41, 5.74) is 6.34. The van der Waals surface area contributed by atoms with Crippen LogP contribution >= 0.6 is 12.2 Å². The first kappa shape index (κ1) is 19.8. The van der Waals surface area contributed by atoms with Gasteiger partial charge in [-0.3, -0.25) is 4.68 Å². The van der Waals surface area contributed by atoms with E-state index in [9.17, 15) is 0 Å². The number of hydrogen-bond donors (Lipinski definition) is 2. The molecule has 0 saturated heterocycles. The summed E-state index contributed by atoms with van der Waals surface area (Å²) >= 11 is 5.47. The van der Waals surface area contributed by atoms with E-state index in [1.807, 2.05) is 58.9 Å². The SMILES string of the molecule is Cc1nn(-c2ccccc2)c(C)c1CNC(=S)Nc1cnn(Cc2ccccc2)c1. The highest BCUT2D eigenvalue weighted by atomic mass is 32.1. The Morgan fingerprint density at radius 3 is 2.43 bits per heavy atom. The lowest BCUT2D eigenvalue weighted by Crippen LogP contribution is -2.28. The molecule has 0 saturated carbocycles. The van der Waals surface area contributed by atoms with E-state index in [4.69, 9.17) is 12.2 Å². The molecule has 30 heavy (non-hydrogen) atoms. The van der Waals surface area contributed by atoms with Gasteiger partial charge in [-0.15, -0.1) is 0 Å². The summed E-state index contributed by atoms with van der Waals surface area (Å²) in [5, 5.41) is 16.1. The predicted octanol–water partition coefficient (Wildman–Crippen LogP) is 4.22. The molecule has 0 aliphatic carbocycles. The number of thiocarbonyl (C=S) groups is 1. The van der Waals surface area contributed by atoms with Crippen molar-refractivity contribution in [3.8, 4) is 5.69 Å². The Morgan fingerprint density at radius 2 is 1.70 bits per heavy atom. The second-order valence-electron chi connectivity index (χ2n) is 7.12. The van der Waals surface area contributed by atoms with E-state index < -0.39 is 0 Å². The van der Waals surface area contributed by atoms with Crippen LogP contribution in [0.15, 0.2) is 73.1 Å². The summed E-state index contributed by atoms with van der Waals surface area (Å²) in [4.78, 5) is 0. The molecule has 152 valence electrons. The van der Waals surface area contributed by atoms with Crippen LogP contribution in [0.1, 0.15) is 22.5 Å². The summed E-state index contributed by atoms with van der Waals surface area (Å²) in [5.74, 6) is 0. The molecule has 0 spiro atoms. The van der Waals surface area contributed by atoms with Gasteiger partial charge in [0.25, 0.3) is 0 Å². The van der Waals surface area contributed by atoms with Crippen molar-refractivity contribution in [1.29, 1.82) is 0 Å². The Labute approximate surface area is 181 Å². The molecule has 2 aromatic heterocycles. The maximum Gasteiger partial charge on any atom is 0.171 e. The van der Waals surface area contributed by atoms with E-state index >= 15 is 0 Å². The predicted molar refractivity (Wildman–Crippen MR) is 124 cm³/mol. The lowest BCUT2D eigenvalue weighted by molar-refractivity contribution is 0.687. The molecule has 2 N–H and O–H groups in total. The molecule has 0 fully saturated rings. The molecule has 0 aliphatic heterocycles. The highest BCUT2D eigenvalue weighted by Gasteiger charge is 2.13. The molecule has 0 aliphatic rings. The van der Waals surface area contributed by atoms with Crippen LogP contribution in [0.5, 0.6) is 0 Å². The van der Waals surface area contributed by atoms with Crippen LogP contribution in [-0.4, -0.2) is 24.7 Å². The van der Waals surface area contributed by atoms with Crippen LogP contribution in [0.25, 0.3) is 5.69 Å². The fourth-order valence-electron chi connectivity index (χ4n) is 3.38. The van der Waals surface area contributed by atoms with Crippen LogP contribution in [0.3, 0.4) is 0 Å². The average Bonchev–Trinajstić information content (AvgIpc) is 3.31. The van der Waals surface area contributed by atoms with Crippen molar-refractivity contribution in [2.75, 3.05) is 5.32 Å². The summed E-state index contributed by atoms with van der Waals surface area (Å²) < 4.78 is 3.86. The largest absolute Gasteiger partial charge is 0.358 e. The zero-order valence-corrected chi connectivity index (χ0v) is 17.9. The van der Waals surface area contributed by atoms with Gasteiger partial charge in [-0.25, -0.2) is 4.68 Å². The fraction of sp³-hybridized carbons (Fsp3) is 0.174. The van der Waals surface area contributed by atoms with Crippen molar-refractivity contribution in [3.05, 3.63) is 95.6 Å². The molecule has 4 aromatic rings. The Hall–Kier alpha value is -3.45. The van der Waals surface area contributed by atoms with E-state index in [0.29, 0.717) is 11.7 Å². The lowest BCUT2D eigenvalue weighted by atomic mass is 10.2. The Balaban J connectivity index is 1.36. The highest BCUT2D eigenvalue weighted by Crippen LogP contribution is 2.17. The number of nitrogens with zero attached hydrogens (tertiary/aromatic N) is 4. The van der Waals surface area contributed by atoms with Gasteiger partial charge in [-0.05, 0) is 43.8 Å². The van der Waals surface area contributed by atoms with Gasteiger partial charge in [0, 0.05) is 24.0 Å². The first-order valence-corrected chi connectivity index (χ1v) is 10.2. The lowest BCUT2D eigenvalue weighted by Gasteiger charge is -2.10. The zero-order chi connectivity index (χ0) is 20.9. The van der Waals surface area contributed by atoms with Crippen molar-refractivity contribution in [2.24, 2.45) is 0 Å². The maximum absolute atomic E-state index is 5.47. The van der Waals surface area contributed by atoms with Crippen LogP contribution in [0.4, 0.5) is 5.69 Å². The maximum atomic E-state index is 5.47. The van der Waals surface area contributed by atoms with Gasteiger partial charge >= 0.3 is 0 Å². The van der Waals surface area contributed by atoms with Gasteiger partial charge in [0.2, 0.25) is 0 Å². The Morgan fingerprint density at radius 1 is 1.00 bits per heavy atom. The van der Waals surface area contributed by atoms with Crippen LogP contribution < -0.4 is 10.6 Å². The third-order valence-electron chi connectivity index (χ3n) is 4.95. The van der Waals surface area contributed by atoms with Gasteiger partial charge in [0.05, 0.1) is 29.8 Å². The second kappa shape index (κ2) is 8.92. The molecule has 4 rings (SSSR count). The van der Waals surface area contributed by atoms with Crippen molar-refractivity contribution in [2.45, 2.75) is 26.9 Å². The van der Waals surface area contributed by atoms with Gasteiger partial charge < -0.3 is 10.6 Å². The number of rotatable bonds is 6. The number of aryl methyl sites for hydroxylation is 1. The standard InChI is InChI=1S/C23H24N6S/c1-17-22(18(2)29(27-17)21-11-7-4-8-12-21)14-24-23(30)26-20-13-25-28(16-20)15-19-9-5-3-6-10-19/h3-13,16H,14-15H2,1-2H3,(H2,24,26,30). The van der Waals surface area contributed by atoms with Gasteiger partial charge in [0.15, 0.2) is 5.11 Å². The van der Waals surface area contributed by atoms with Gasteiger partial charge in [-0.2, -0.15) is 10.2 Å². The van der Waals surface area contributed by atoms with Crippen molar-refractivity contribution >= 4 is 23.0 Å². The van der Waals surface area contributed by atoms with E-state index in [-0.39, 0.29) is 0 Å². The van der Waals surface area contributed by atoms with Crippen LogP contribution in [-0.2, 0) is 13.1 Å². The highest BCUT2D eigenvalue weighted by molar-refractivity contribution is 7.80. The third-order valence-corrected chi connectivity index (χ3v) is 5.19. The van der Waals surface area contributed by atoms with E-state index in [2.05, 4.69) is 52.0 Å². The smallest absolute Gasteiger partial charge is 0.171 e. The van der Waals surface area contributed by atoms with Crippen molar-refractivity contribution in [1.82, 2.24) is 24.9 Å². The van der Waals surface area contributed by atoms with Crippen LogP contribution in [0.2, 0.25) is 0 Å². The van der Waals surface area contributed by atoms with Gasteiger partial charge in [0.1, 0.15) is 0 Å². The first-order valence-electron chi connectivity index (χ1n) is 9.82. The minimum absolute atomic E-state index is 0.556. The molecule has 7 heteroatoms. The van der Waals surface area contributed by atoms with E-state index in [1.54, 1.807) is 6.20 Å². The molecule has 2 heterocycles. The summed E-state index contributed by atoms with van der Waals surface area (Å²) in [6, 6.07) is 20.4. The van der Waals surface area contributed by atoms with E-state index in [1.165, 1.54) is 5.56 Å². The van der Waals surface area contributed by atoms with Crippen molar-refractivity contribution in [3.63, 3.8) is 0 Å².